The van der Waals surface area contributed by atoms with E-state index in [-0.39, 0.29) is 6.61 Å². The van der Waals surface area contributed by atoms with Crippen molar-refractivity contribution in [3.8, 4) is 0 Å². The van der Waals surface area contributed by atoms with Crippen molar-refractivity contribution < 1.29 is 14.5 Å². The van der Waals surface area contributed by atoms with Crippen molar-refractivity contribution in [3.63, 3.8) is 0 Å². The van der Waals surface area contributed by atoms with Gasteiger partial charge in [0.2, 0.25) is 6.04 Å². The third-order valence-electron chi connectivity index (χ3n) is 1.67. The van der Waals surface area contributed by atoms with E-state index in [2.05, 4.69) is 4.74 Å². The van der Waals surface area contributed by atoms with Gasteiger partial charge in [-0.05, 0) is 6.42 Å². The number of nitrogens with zero attached hydrogens (tertiary/aromatic N) is 1. The minimum Gasteiger partial charge on any atom is -0.459 e. The van der Waals surface area contributed by atoms with E-state index in [0.29, 0.717) is 6.42 Å². The Morgan fingerprint density at radius 2 is 2.23 bits per heavy atom. The average molecular weight is 189 g/mol. The second-order valence-corrected chi connectivity index (χ2v) is 2.88. The van der Waals surface area contributed by atoms with E-state index in [0.717, 1.165) is 12.8 Å². The highest BCUT2D eigenvalue weighted by Crippen LogP contribution is 2.04. The molecule has 1 atom stereocenters. The fraction of sp³-hybridized carbons (Fsp3) is 0.875. The highest BCUT2D eigenvalue weighted by atomic mass is 16.6. The molecule has 0 fully saturated rings. The number of rotatable bonds is 6. The largest absolute Gasteiger partial charge is 0.459 e. The van der Waals surface area contributed by atoms with Crippen LogP contribution in [0.5, 0.6) is 0 Å². The Labute approximate surface area is 77.2 Å². The van der Waals surface area contributed by atoms with Crippen molar-refractivity contribution in [1.82, 2.24) is 0 Å². The predicted octanol–water partition coefficient (Wildman–Crippen LogP) is 1.39. The fourth-order valence-corrected chi connectivity index (χ4v) is 0.903. The number of unbranched alkanes of at least 4 members (excludes halogenated alkanes) is 1. The molecule has 0 aromatic carbocycles. The Morgan fingerprint density at radius 1 is 1.62 bits per heavy atom. The van der Waals surface area contributed by atoms with Crippen LogP contribution in [0.4, 0.5) is 0 Å². The summed E-state index contributed by atoms with van der Waals surface area (Å²) < 4.78 is 4.58. The molecule has 5 heteroatoms. The first kappa shape index (κ1) is 11.9. The molecule has 0 aliphatic carbocycles. The van der Waals surface area contributed by atoms with Crippen LogP contribution in [-0.4, -0.2) is 23.5 Å². The van der Waals surface area contributed by atoms with Gasteiger partial charge in [0.25, 0.3) is 0 Å². The van der Waals surface area contributed by atoms with Gasteiger partial charge in [-0.2, -0.15) is 0 Å². The average Bonchev–Trinajstić information content (AvgIpc) is 2.03. The van der Waals surface area contributed by atoms with Crippen molar-refractivity contribution in [3.05, 3.63) is 10.1 Å². The van der Waals surface area contributed by atoms with Gasteiger partial charge in [-0.1, -0.05) is 13.3 Å². The van der Waals surface area contributed by atoms with Gasteiger partial charge in [0.1, 0.15) is 0 Å². The summed E-state index contributed by atoms with van der Waals surface area (Å²) in [5.41, 5.74) is 0. The molecule has 0 N–H and O–H groups in total. The van der Waals surface area contributed by atoms with Crippen LogP contribution in [0.1, 0.15) is 33.1 Å². The lowest BCUT2D eigenvalue weighted by Crippen LogP contribution is -2.26. The lowest BCUT2D eigenvalue weighted by Gasteiger charge is -2.08. The molecule has 0 heterocycles. The Hall–Kier alpha value is -1.13. The summed E-state index contributed by atoms with van der Waals surface area (Å²) in [6.45, 7) is 3.10. The van der Waals surface area contributed by atoms with E-state index in [1.54, 1.807) is 0 Å². The molecular formula is C8H15NO4. The van der Waals surface area contributed by atoms with Crippen LogP contribution in [0.2, 0.25) is 0 Å². The van der Waals surface area contributed by atoms with E-state index in [1.807, 2.05) is 6.92 Å². The van der Waals surface area contributed by atoms with Gasteiger partial charge in [0.05, 0.1) is 0 Å². The first-order valence-electron chi connectivity index (χ1n) is 4.34. The highest BCUT2D eigenvalue weighted by molar-refractivity contribution is 5.65. The van der Waals surface area contributed by atoms with Crippen LogP contribution < -0.4 is 0 Å². The number of nitro groups is 1. The molecule has 0 aromatic rings. The van der Waals surface area contributed by atoms with E-state index in [1.165, 1.54) is 6.92 Å². The highest BCUT2D eigenvalue weighted by Gasteiger charge is 2.20. The molecule has 0 amide bonds. The zero-order chi connectivity index (χ0) is 10.3. The van der Waals surface area contributed by atoms with Gasteiger partial charge in [0, 0.05) is 18.3 Å². The van der Waals surface area contributed by atoms with Crippen LogP contribution >= 0.6 is 0 Å². The molecule has 1 unspecified atom stereocenters. The summed E-state index contributed by atoms with van der Waals surface area (Å²) in [7, 11) is 0. The monoisotopic (exact) mass is 189 g/mol. The Balaban J connectivity index is 3.80. The zero-order valence-corrected chi connectivity index (χ0v) is 7.99. The van der Waals surface area contributed by atoms with E-state index in [4.69, 9.17) is 0 Å². The minimum atomic E-state index is -0.746. The number of esters is 1. The van der Waals surface area contributed by atoms with Crippen molar-refractivity contribution in [2.75, 3.05) is 6.61 Å². The maximum Gasteiger partial charge on any atom is 0.302 e. The van der Waals surface area contributed by atoms with Crippen LogP contribution in [0, 0.1) is 10.1 Å². The van der Waals surface area contributed by atoms with Gasteiger partial charge >= 0.3 is 5.97 Å². The Bertz CT molecular complexity index is 181. The van der Waals surface area contributed by atoms with Gasteiger partial charge in [-0.25, -0.2) is 0 Å². The molecular weight excluding hydrogens is 174 g/mol. The SMILES string of the molecule is CCCCC(COC(C)=O)[N+](=O)[O-]. The first-order valence-corrected chi connectivity index (χ1v) is 4.34. The molecule has 0 saturated carbocycles. The maximum atomic E-state index is 10.4. The zero-order valence-electron chi connectivity index (χ0n) is 7.99. The third kappa shape index (κ3) is 6.07. The van der Waals surface area contributed by atoms with Crippen molar-refractivity contribution in [2.45, 2.75) is 39.2 Å². The second-order valence-electron chi connectivity index (χ2n) is 2.88. The molecule has 0 aromatic heterocycles. The molecule has 13 heavy (non-hydrogen) atoms. The fourth-order valence-electron chi connectivity index (χ4n) is 0.903. The Kier molecular flexibility index (Phi) is 5.84. The summed E-state index contributed by atoms with van der Waals surface area (Å²) in [6, 6.07) is -0.746. The van der Waals surface area contributed by atoms with Crippen molar-refractivity contribution >= 4 is 5.97 Å². The van der Waals surface area contributed by atoms with Gasteiger partial charge in [0.15, 0.2) is 6.61 Å². The molecule has 0 spiro atoms. The maximum absolute atomic E-state index is 10.4. The number of carbonyl (C=O) groups is 1. The summed E-state index contributed by atoms with van der Waals surface area (Å²) in [5.74, 6) is -0.469. The van der Waals surface area contributed by atoms with E-state index in [9.17, 15) is 14.9 Å². The number of hydrogen-bond acceptors (Lipinski definition) is 4. The minimum absolute atomic E-state index is 0.109. The van der Waals surface area contributed by atoms with Crippen LogP contribution in [0.25, 0.3) is 0 Å². The summed E-state index contributed by atoms with van der Waals surface area (Å²) >= 11 is 0. The van der Waals surface area contributed by atoms with Crippen LogP contribution in [0.15, 0.2) is 0 Å². The summed E-state index contributed by atoms with van der Waals surface area (Å²) in [6.07, 6.45) is 2.16. The lowest BCUT2D eigenvalue weighted by atomic mass is 10.1. The smallest absolute Gasteiger partial charge is 0.302 e. The Morgan fingerprint density at radius 3 is 2.62 bits per heavy atom. The van der Waals surface area contributed by atoms with Gasteiger partial charge < -0.3 is 4.74 Å². The molecule has 0 bridgehead atoms. The van der Waals surface area contributed by atoms with Gasteiger partial charge in [-0.15, -0.1) is 0 Å². The lowest BCUT2D eigenvalue weighted by molar-refractivity contribution is -0.526. The summed E-state index contributed by atoms with van der Waals surface area (Å²) in [4.78, 5) is 20.4. The van der Waals surface area contributed by atoms with E-state index >= 15 is 0 Å². The standard InChI is InChI=1S/C8H15NO4/c1-3-4-5-8(9(11)12)6-13-7(2)10/h8H,3-6H2,1-2H3. The molecule has 0 saturated heterocycles. The van der Waals surface area contributed by atoms with E-state index < -0.39 is 16.9 Å². The molecule has 76 valence electrons. The number of ether oxygens (including phenoxy) is 1. The first-order chi connectivity index (χ1) is 6.07. The molecule has 5 nitrogen and oxygen atoms in total. The second kappa shape index (κ2) is 6.39. The quantitative estimate of drug-likeness (QED) is 0.359. The molecule has 0 aliphatic rings. The van der Waals surface area contributed by atoms with Crippen molar-refractivity contribution in [1.29, 1.82) is 0 Å². The summed E-state index contributed by atoms with van der Waals surface area (Å²) in [5, 5.41) is 10.4. The predicted molar refractivity (Wildman–Crippen MR) is 46.9 cm³/mol. The molecule has 0 radical (unpaired) electrons. The third-order valence-corrected chi connectivity index (χ3v) is 1.67. The topological polar surface area (TPSA) is 69.4 Å². The molecule has 0 aliphatic heterocycles. The van der Waals surface area contributed by atoms with Gasteiger partial charge in [-0.3, -0.25) is 14.9 Å². The molecule has 0 rings (SSSR count). The van der Waals surface area contributed by atoms with Crippen LogP contribution in [-0.2, 0) is 9.53 Å². The normalized spacial score (nSPS) is 12.2. The number of hydrogen-bond donors (Lipinski definition) is 0. The number of carbonyl (C=O) groups excluding carboxylic acids is 1. The van der Waals surface area contributed by atoms with Crippen molar-refractivity contribution in [2.24, 2.45) is 0 Å². The van der Waals surface area contributed by atoms with Crippen LogP contribution in [0.3, 0.4) is 0 Å².